The number of hydrogen-bond acceptors (Lipinski definition) is 5. The fourth-order valence-electron chi connectivity index (χ4n) is 2.89. The SMILES string of the molecule is CSCc1ccc(C(=O)Nc2nnc(C3CCCCC3)s2)cc1. The van der Waals surface area contributed by atoms with Gasteiger partial charge in [0.2, 0.25) is 5.13 Å². The molecule has 1 aliphatic rings. The second kappa shape index (κ2) is 7.93. The number of hydrogen-bond donors (Lipinski definition) is 1. The van der Waals surface area contributed by atoms with Gasteiger partial charge in [-0.2, -0.15) is 11.8 Å². The molecule has 23 heavy (non-hydrogen) atoms. The Labute approximate surface area is 145 Å². The molecule has 4 nitrogen and oxygen atoms in total. The summed E-state index contributed by atoms with van der Waals surface area (Å²) in [5.74, 6) is 1.37. The molecule has 1 amide bonds. The van der Waals surface area contributed by atoms with Gasteiger partial charge in [0.1, 0.15) is 5.01 Å². The predicted molar refractivity (Wildman–Crippen MR) is 97.3 cm³/mol. The standard InChI is InChI=1S/C17H21N3OS2/c1-22-11-12-7-9-13(10-8-12)15(21)18-17-20-19-16(23-17)14-5-3-2-4-6-14/h7-10,14H,2-6,11H2,1H3,(H,18,20,21). The van der Waals surface area contributed by atoms with Crippen molar-refractivity contribution in [1.29, 1.82) is 0 Å². The van der Waals surface area contributed by atoms with Crippen LogP contribution in [0.25, 0.3) is 0 Å². The van der Waals surface area contributed by atoms with Gasteiger partial charge in [0, 0.05) is 17.2 Å². The van der Waals surface area contributed by atoms with E-state index in [2.05, 4.69) is 21.8 Å². The van der Waals surface area contributed by atoms with E-state index in [-0.39, 0.29) is 5.91 Å². The maximum absolute atomic E-state index is 12.3. The molecule has 0 atom stereocenters. The van der Waals surface area contributed by atoms with Crippen molar-refractivity contribution in [1.82, 2.24) is 10.2 Å². The topological polar surface area (TPSA) is 54.9 Å². The van der Waals surface area contributed by atoms with Crippen LogP contribution < -0.4 is 5.32 Å². The lowest BCUT2D eigenvalue weighted by atomic mass is 9.90. The van der Waals surface area contributed by atoms with E-state index in [9.17, 15) is 4.79 Å². The molecule has 122 valence electrons. The Bertz CT molecular complexity index is 648. The zero-order valence-electron chi connectivity index (χ0n) is 13.2. The number of aromatic nitrogens is 2. The molecule has 1 saturated carbocycles. The number of rotatable bonds is 5. The lowest BCUT2D eigenvalue weighted by Gasteiger charge is -2.18. The van der Waals surface area contributed by atoms with Crippen molar-refractivity contribution < 1.29 is 4.79 Å². The summed E-state index contributed by atoms with van der Waals surface area (Å²) in [6, 6.07) is 7.73. The largest absolute Gasteiger partial charge is 0.296 e. The number of nitrogens with one attached hydrogen (secondary N) is 1. The summed E-state index contributed by atoms with van der Waals surface area (Å²) >= 11 is 3.29. The van der Waals surface area contributed by atoms with Gasteiger partial charge in [0.05, 0.1) is 0 Å². The molecule has 1 heterocycles. The Hall–Kier alpha value is -1.40. The fourth-order valence-corrected chi connectivity index (χ4v) is 4.32. The first-order valence-electron chi connectivity index (χ1n) is 7.99. The van der Waals surface area contributed by atoms with E-state index in [1.165, 1.54) is 49.0 Å². The third-order valence-electron chi connectivity index (χ3n) is 4.14. The van der Waals surface area contributed by atoms with Crippen LogP contribution in [0.5, 0.6) is 0 Å². The summed E-state index contributed by atoms with van der Waals surface area (Å²) in [4.78, 5) is 12.3. The summed E-state index contributed by atoms with van der Waals surface area (Å²) in [6.07, 6.45) is 8.33. The molecule has 0 radical (unpaired) electrons. The fraction of sp³-hybridized carbons (Fsp3) is 0.471. The molecule has 1 N–H and O–H groups in total. The number of thioether (sulfide) groups is 1. The third-order valence-corrected chi connectivity index (χ3v) is 5.77. The molecule has 1 aromatic heterocycles. The Morgan fingerprint density at radius 2 is 1.96 bits per heavy atom. The van der Waals surface area contributed by atoms with Crippen molar-refractivity contribution in [3.63, 3.8) is 0 Å². The minimum Gasteiger partial charge on any atom is -0.296 e. The van der Waals surface area contributed by atoms with Gasteiger partial charge in [0.25, 0.3) is 5.91 Å². The van der Waals surface area contributed by atoms with Gasteiger partial charge < -0.3 is 0 Å². The lowest BCUT2D eigenvalue weighted by Crippen LogP contribution is -2.11. The van der Waals surface area contributed by atoms with Crippen LogP contribution >= 0.6 is 23.1 Å². The third kappa shape index (κ3) is 4.32. The minimum atomic E-state index is -0.118. The number of benzene rings is 1. The van der Waals surface area contributed by atoms with Crippen LogP contribution in [0.15, 0.2) is 24.3 Å². The number of amides is 1. The van der Waals surface area contributed by atoms with Gasteiger partial charge in [-0.05, 0) is 36.8 Å². The van der Waals surface area contributed by atoms with E-state index in [4.69, 9.17) is 0 Å². The predicted octanol–water partition coefficient (Wildman–Crippen LogP) is 4.70. The zero-order chi connectivity index (χ0) is 16.1. The van der Waals surface area contributed by atoms with Crippen molar-refractivity contribution in [3.05, 3.63) is 40.4 Å². The van der Waals surface area contributed by atoms with Crippen molar-refractivity contribution in [2.45, 2.75) is 43.8 Å². The molecule has 2 aromatic rings. The van der Waals surface area contributed by atoms with Crippen LogP contribution in [0, 0.1) is 0 Å². The van der Waals surface area contributed by atoms with Crippen molar-refractivity contribution in [2.24, 2.45) is 0 Å². The van der Waals surface area contributed by atoms with Crippen LogP contribution in [0.2, 0.25) is 0 Å². The van der Waals surface area contributed by atoms with Crippen LogP contribution in [0.3, 0.4) is 0 Å². The van der Waals surface area contributed by atoms with E-state index >= 15 is 0 Å². The molecule has 0 aliphatic heterocycles. The number of carbonyl (C=O) groups excluding carboxylic acids is 1. The first kappa shape index (κ1) is 16.5. The summed E-state index contributed by atoms with van der Waals surface area (Å²) in [5.41, 5.74) is 1.88. The van der Waals surface area contributed by atoms with E-state index < -0.39 is 0 Å². The number of nitrogens with zero attached hydrogens (tertiary/aromatic N) is 2. The number of anilines is 1. The van der Waals surface area contributed by atoms with Crippen LogP contribution in [-0.4, -0.2) is 22.4 Å². The van der Waals surface area contributed by atoms with Gasteiger partial charge >= 0.3 is 0 Å². The second-order valence-corrected chi connectivity index (χ2v) is 7.74. The van der Waals surface area contributed by atoms with E-state index in [1.807, 2.05) is 24.3 Å². The monoisotopic (exact) mass is 347 g/mol. The summed E-state index contributed by atoms with van der Waals surface area (Å²) in [5, 5.41) is 12.9. The van der Waals surface area contributed by atoms with Crippen LogP contribution in [-0.2, 0) is 5.75 Å². The smallest absolute Gasteiger partial charge is 0.257 e. The molecule has 0 unspecified atom stereocenters. The first-order chi connectivity index (χ1) is 11.3. The van der Waals surface area contributed by atoms with Gasteiger partial charge in [-0.25, -0.2) is 0 Å². The van der Waals surface area contributed by atoms with Gasteiger partial charge in [-0.3, -0.25) is 10.1 Å². The van der Waals surface area contributed by atoms with Crippen molar-refractivity contribution in [3.8, 4) is 0 Å². The van der Waals surface area contributed by atoms with Crippen molar-refractivity contribution >= 4 is 34.1 Å². The maximum Gasteiger partial charge on any atom is 0.257 e. The molecular formula is C17H21N3OS2. The molecule has 1 aromatic carbocycles. The normalized spacial score (nSPS) is 15.5. The Kier molecular flexibility index (Phi) is 5.67. The quantitative estimate of drug-likeness (QED) is 0.851. The molecule has 0 bridgehead atoms. The molecule has 1 fully saturated rings. The van der Waals surface area contributed by atoms with Gasteiger partial charge in [-0.1, -0.05) is 42.7 Å². The van der Waals surface area contributed by atoms with Crippen LogP contribution in [0.1, 0.15) is 59.0 Å². The Morgan fingerprint density at radius 3 is 2.65 bits per heavy atom. The first-order valence-corrected chi connectivity index (χ1v) is 10.2. The van der Waals surface area contributed by atoms with Crippen LogP contribution in [0.4, 0.5) is 5.13 Å². The lowest BCUT2D eigenvalue weighted by molar-refractivity contribution is 0.102. The summed E-state index contributed by atoms with van der Waals surface area (Å²) < 4.78 is 0. The average Bonchev–Trinajstić information content (AvgIpc) is 3.05. The van der Waals surface area contributed by atoms with Gasteiger partial charge in [0.15, 0.2) is 0 Å². The van der Waals surface area contributed by atoms with Gasteiger partial charge in [-0.15, -0.1) is 10.2 Å². The highest BCUT2D eigenvalue weighted by atomic mass is 32.2. The summed E-state index contributed by atoms with van der Waals surface area (Å²) in [7, 11) is 0. The average molecular weight is 348 g/mol. The Morgan fingerprint density at radius 1 is 1.22 bits per heavy atom. The molecule has 0 saturated heterocycles. The molecular weight excluding hydrogens is 326 g/mol. The van der Waals surface area contributed by atoms with E-state index in [1.54, 1.807) is 11.8 Å². The van der Waals surface area contributed by atoms with Crippen molar-refractivity contribution in [2.75, 3.05) is 11.6 Å². The highest BCUT2D eigenvalue weighted by Gasteiger charge is 2.20. The maximum atomic E-state index is 12.3. The molecule has 1 aliphatic carbocycles. The van der Waals surface area contributed by atoms with E-state index in [0.717, 1.165) is 10.8 Å². The summed E-state index contributed by atoms with van der Waals surface area (Å²) in [6.45, 7) is 0. The molecule has 0 spiro atoms. The number of carbonyl (C=O) groups is 1. The highest BCUT2D eigenvalue weighted by Crippen LogP contribution is 2.35. The highest BCUT2D eigenvalue weighted by molar-refractivity contribution is 7.97. The molecule has 6 heteroatoms. The molecule has 3 rings (SSSR count). The zero-order valence-corrected chi connectivity index (χ0v) is 14.9. The minimum absolute atomic E-state index is 0.118. The second-order valence-electron chi connectivity index (χ2n) is 5.86. The van der Waals surface area contributed by atoms with E-state index in [0.29, 0.717) is 16.6 Å². The Balaban J connectivity index is 1.62.